The molecule has 0 saturated heterocycles. The zero-order valence-electron chi connectivity index (χ0n) is 14.5. The first kappa shape index (κ1) is 17.1. The predicted molar refractivity (Wildman–Crippen MR) is 92.6 cm³/mol. The van der Waals surface area contributed by atoms with E-state index in [2.05, 4.69) is 26.6 Å². The lowest BCUT2D eigenvalue weighted by Gasteiger charge is -2.27. The monoisotopic (exact) mass is 348 g/mol. The minimum atomic E-state index is -3.27. The summed E-state index contributed by atoms with van der Waals surface area (Å²) in [5.74, 6) is 2.07. The lowest BCUT2D eigenvalue weighted by atomic mass is 10.2. The van der Waals surface area contributed by atoms with Crippen molar-refractivity contribution in [3.8, 4) is 0 Å². The van der Waals surface area contributed by atoms with Gasteiger partial charge in [0, 0.05) is 26.1 Å². The molecule has 0 amide bonds. The molecule has 0 saturated carbocycles. The fourth-order valence-electron chi connectivity index (χ4n) is 3.12. The molecule has 1 aromatic carbocycles. The molecule has 2 heterocycles. The largest absolute Gasteiger partial charge is 0.313 e. The Morgan fingerprint density at radius 2 is 1.96 bits per heavy atom. The van der Waals surface area contributed by atoms with Crippen LogP contribution in [0.3, 0.4) is 0 Å². The maximum Gasteiger partial charge on any atom is 0.179 e. The van der Waals surface area contributed by atoms with Gasteiger partial charge in [0.2, 0.25) is 0 Å². The second kappa shape index (κ2) is 6.64. The van der Waals surface area contributed by atoms with Crippen LogP contribution in [0.5, 0.6) is 0 Å². The lowest BCUT2D eigenvalue weighted by molar-refractivity contribution is 0.227. The molecule has 0 bridgehead atoms. The summed E-state index contributed by atoms with van der Waals surface area (Å²) in [5.41, 5.74) is 1.78. The number of rotatable bonds is 5. The molecule has 0 fully saturated rings. The molecule has 6 nitrogen and oxygen atoms in total. The van der Waals surface area contributed by atoms with Crippen molar-refractivity contribution in [2.24, 2.45) is 0 Å². The Bertz CT molecular complexity index is 842. The number of sulfone groups is 1. The van der Waals surface area contributed by atoms with E-state index in [1.54, 1.807) is 6.07 Å². The van der Waals surface area contributed by atoms with Crippen molar-refractivity contribution in [2.45, 2.75) is 45.2 Å². The molecule has 0 N–H and O–H groups in total. The number of aromatic nitrogens is 3. The molecule has 3 rings (SSSR count). The number of hydrogen-bond donors (Lipinski definition) is 0. The summed E-state index contributed by atoms with van der Waals surface area (Å²) < 4.78 is 27.5. The molecule has 0 spiro atoms. The van der Waals surface area contributed by atoms with Crippen LogP contribution >= 0.6 is 0 Å². The highest BCUT2D eigenvalue weighted by molar-refractivity contribution is 7.91. The van der Waals surface area contributed by atoms with Gasteiger partial charge in [0.15, 0.2) is 9.84 Å². The standard InChI is InChI=1S/C17H24N4O2S/c1-4-16-18-19-17-12-20(7-8-21(16)17)9-10-24(22,23)15-11-13(2)5-6-14(15)3/h5-6,11H,4,7-10,12H2,1-3H3. The van der Waals surface area contributed by atoms with Crippen molar-refractivity contribution in [1.29, 1.82) is 0 Å². The zero-order valence-corrected chi connectivity index (χ0v) is 15.3. The lowest BCUT2D eigenvalue weighted by Crippen LogP contribution is -2.37. The van der Waals surface area contributed by atoms with Gasteiger partial charge in [-0.1, -0.05) is 19.1 Å². The van der Waals surface area contributed by atoms with Gasteiger partial charge in [0.25, 0.3) is 0 Å². The van der Waals surface area contributed by atoms with E-state index < -0.39 is 9.84 Å². The molecule has 1 aromatic heterocycles. The third-order valence-corrected chi connectivity index (χ3v) is 6.41. The number of aryl methyl sites for hydroxylation is 3. The molecular weight excluding hydrogens is 324 g/mol. The van der Waals surface area contributed by atoms with E-state index >= 15 is 0 Å². The summed E-state index contributed by atoms with van der Waals surface area (Å²) in [6.07, 6.45) is 0.869. The summed E-state index contributed by atoms with van der Waals surface area (Å²) in [6, 6.07) is 5.58. The minimum Gasteiger partial charge on any atom is -0.313 e. The Balaban J connectivity index is 1.68. The normalized spacial score (nSPS) is 15.5. The smallest absolute Gasteiger partial charge is 0.179 e. The molecule has 0 radical (unpaired) electrons. The SMILES string of the molecule is CCc1nnc2n1CCN(CCS(=O)(=O)c1cc(C)ccc1C)C2. The maximum absolute atomic E-state index is 12.7. The van der Waals surface area contributed by atoms with Gasteiger partial charge in [-0.3, -0.25) is 4.90 Å². The van der Waals surface area contributed by atoms with Gasteiger partial charge in [-0.2, -0.15) is 0 Å². The van der Waals surface area contributed by atoms with Crippen LogP contribution in [-0.2, 0) is 29.3 Å². The summed E-state index contributed by atoms with van der Waals surface area (Å²) in [4.78, 5) is 2.60. The van der Waals surface area contributed by atoms with Gasteiger partial charge in [-0.05, 0) is 31.0 Å². The van der Waals surface area contributed by atoms with Gasteiger partial charge in [0.1, 0.15) is 11.6 Å². The van der Waals surface area contributed by atoms with Gasteiger partial charge in [0.05, 0.1) is 17.2 Å². The highest BCUT2D eigenvalue weighted by atomic mass is 32.2. The summed E-state index contributed by atoms with van der Waals surface area (Å²) >= 11 is 0. The Kier molecular flexibility index (Phi) is 4.73. The first-order valence-electron chi connectivity index (χ1n) is 8.34. The summed E-state index contributed by atoms with van der Waals surface area (Å²) in [7, 11) is -3.27. The number of hydrogen-bond acceptors (Lipinski definition) is 5. The van der Waals surface area contributed by atoms with Crippen LogP contribution in [0, 0.1) is 13.8 Å². The predicted octanol–water partition coefficient (Wildman–Crippen LogP) is 1.75. The van der Waals surface area contributed by atoms with Crippen LogP contribution in [0.25, 0.3) is 0 Å². The van der Waals surface area contributed by atoms with E-state index in [9.17, 15) is 8.42 Å². The topological polar surface area (TPSA) is 68.1 Å². The molecule has 130 valence electrons. The Morgan fingerprint density at radius 3 is 2.71 bits per heavy atom. The molecule has 1 aliphatic rings. The Morgan fingerprint density at radius 1 is 1.17 bits per heavy atom. The van der Waals surface area contributed by atoms with E-state index in [4.69, 9.17) is 0 Å². The average molecular weight is 348 g/mol. The van der Waals surface area contributed by atoms with Gasteiger partial charge >= 0.3 is 0 Å². The highest BCUT2D eigenvalue weighted by Crippen LogP contribution is 2.19. The van der Waals surface area contributed by atoms with Crippen molar-refractivity contribution in [2.75, 3.05) is 18.8 Å². The second-order valence-corrected chi connectivity index (χ2v) is 8.48. The van der Waals surface area contributed by atoms with Crippen molar-refractivity contribution in [3.63, 3.8) is 0 Å². The van der Waals surface area contributed by atoms with Crippen LogP contribution in [0.15, 0.2) is 23.1 Å². The molecule has 7 heteroatoms. The van der Waals surface area contributed by atoms with Crippen molar-refractivity contribution >= 4 is 9.84 Å². The van der Waals surface area contributed by atoms with Crippen LogP contribution in [0.2, 0.25) is 0 Å². The number of nitrogens with zero attached hydrogens (tertiary/aromatic N) is 4. The van der Waals surface area contributed by atoms with Crippen molar-refractivity contribution < 1.29 is 8.42 Å². The van der Waals surface area contributed by atoms with E-state index in [1.807, 2.05) is 26.0 Å². The van der Waals surface area contributed by atoms with Gasteiger partial charge < -0.3 is 4.57 Å². The molecule has 1 aliphatic heterocycles. The maximum atomic E-state index is 12.7. The van der Waals surface area contributed by atoms with Crippen LogP contribution < -0.4 is 0 Å². The molecule has 0 aliphatic carbocycles. The molecule has 0 unspecified atom stereocenters. The first-order valence-corrected chi connectivity index (χ1v) is 9.99. The van der Waals surface area contributed by atoms with E-state index in [-0.39, 0.29) is 5.75 Å². The molecule has 2 aromatic rings. The molecule has 0 atom stereocenters. The van der Waals surface area contributed by atoms with E-state index in [1.165, 1.54) is 0 Å². The van der Waals surface area contributed by atoms with Crippen LogP contribution in [0.4, 0.5) is 0 Å². The van der Waals surface area contributed by atoms with Crippen molar-refractivity contribution in [1.82, 2.24) is 19.7 Å². The Hall–Kier alpha value is -1.73. The van der Waals surface area contributed by atoms with Crippen molar-refractivity contribution in [3.05, 3.63) is 41.0 Å². The highest BCUT2D eigenvalue weighted by Gasteiger charge is 2.23. The van der Waals surface area contributed by atoms with E-state index in [0.717, 1.165) is 42.3 Å². The Labute approximate surface area is 143 Å². The van der Waals surface area contributed by atoms with Crippen LogP contribution in [0.1, 0.15) is 29.7 Å². The quantitative estimate of drug-likeness (QED) is 0.823. The minimum absolute atomic E-state index is 0.131. The summed E-state index contributed by atoms with van der Waals surface area (Å²) in [5, 5.41) is 8.42. The van der Waals surface area contributed by atoms with Gasteiger partial charge in [-0.25, -0.2) is 8.42 Å². The zero-order chi connectivity index (χ0) is 17.3. The first-order chi connectivity index (χ1) is 11.4. The fraction of sp³-hybridized carbons (Fsp3) is 0.529. The van der Waals surface area contributed by atoms with Crippen LogP contribution in [-0.4, -0.2) is 46.9 Å². The average Bonchev–Trinajstić information content (AvgIpc) is 2.97. The molecular formula is C17H24N4O2S. The number of benzene rings is 1. The van der Waals surface area contributed by atoms with E-state index in [0.29, 0.717) is 18.0 Å². The fourth-order valence-corrected chi connectivity index (χ4v) is 4.76. The third-order valence-electron chi connectivity index (χ3n) is 4.58. The summed E-state index contributed by atoms with van der Waals surface area (Å²) in [6.45, 7) is 8.68. The number of fused-ring (bicyclic) bond motifs is 1. The second-order valence-electron chi connectivity index (χ2n) is 6.40. The van der Waals surface area contributed by atoms with Gasteiger partial charge in [-0.15, -0.1) is 10.2 Å². The third kappa shape index (κ3) is 3.37. The molecule has 24 heavy (non-hydrogen) atoms.